The fourth-order valence-corrected chi connectivity index (χ4v) is 3.53. The Morgan fingerprint density at radius 3 is 2.59 bits per heavy atom. The maximum Gasteiger partial charge on any atom is 0.359 e. The highest BCUT2D eigenvalue weighted by molar-refractivity contribution is 6.11. The van der Waals surface area contributed by atoms with Crippen molar-refractivity contribution in [1.29, 1.82) is 0 Å². The van der Waals surface area contributed by atoms with Gasteiger partial charge in [-0.15, -0.1) is 0 Å². The summed E-state index contributed by atoms with van der Waals surface area (Å²) in [6.45, 7) is 4.14. The van der Waals surface area contributed by atoms with Gasteiger partial charge in [-0.1, -0.05) is 44.2 Å². The monoisotopic (exact) mass is 434 g/mol. The minimum atomic E-state index is -1.21. The number of carbonyl (C=O) groups is 1. The zero-order valence-corrected chi connectivity index (χ0v) is 18.3. The van der Waals surface area contributed by atoms with Crippen LogP contribution in [-0.4, -0.2) is 34.4 Å². The Morgan fingerprint density at radius 1 is 1.09 bits per heavy atom. The average molecular weight is 434 g/mol. The second-order valence-electron chi connectivity index (χ2n) is 7.95. The van der Waals surface area contributed by atoms with Crippen LogP contribution in [0.5, 0.6) is 5.75 Å². The molecule has 0 amide bonds. The lowest BCUT2D eigenvalue weighted by Gasteiger charge is -2.16. The van der Waals surface area contributed by atoms with Crippen molar-refractivity contribution < 1.29 is 24.1 Å². The van der Waals surface area contributed by atoms with Crippen LogP contribution >= 0.6 is 0 Å². The summed E-state index contributed by atoms with van der Waals surface area (Å²) in [7, 11) is 1.56. The maximum atomic E-state index is 12.7. The number of aromatic amines is 1. The lowest BCUT2D eigenvalue weighted by atomic mass is 10.1. The third-order valence-corrected chi connectivity index (χ3v) is 5.24. The van der Waals surface area contributed by atoms with E-state index in [1.54, 1.807) is 27.2 Å². The Labute approximate surface area is 185 Å². The number of methoxy groups -OCH3 is 1. The average Bonchev–Trinajstić information content (AvgIpc) is 3.17. The second kappa shape index (κ2) is 9.38. The van der Waals surface area contributed by atoms with E-state index in [1.165, 1.54) is 0 Å². The first-order valence-corrected chi connectivity index (χ1v) is 10.5. The molecule has 7 nitrogen and oxygen atoms in total. The predicted octanol–water partition coefficient (Wildman–Crippen LogP) is 4.57. The number of aromatic nitrogens is 2. The van der Waals surface area contributed by atoms with Gasteiger partial charge in [-0.2, -0.15) is 0 Å². The molecule has 0 spiro atoms. The summed E-state index contributed by atoms with van der Waals surface area (Å²) in [5.41, 5.74) is 3.45. The molecular formula is C25H26N2O5. The van der Waals surface area contributed by atoms with E-state index in [0.717, 1.165) is 27.4 Å². The number of nitrogens with zero attached hydrogens (tertiary/aromatic N) is 1. The number of nitrogens with one attached hydrogen (secondary N) is 1. The van der Waals surface area contributed by atoms with Crippen molar-refractivity contribution in [2.24, 2.45) is 5.92 Å². The molecule has 0 radical (unpaired) electrons. The molecule has 1 unspecified atom stereocenters. The summed E-state index contributed by atoms with van der Waals surface area (Å²) in [5, 5.41) is 11.7. The van der Waals surface area contributed by atoms with E-state index >= 15 is 0 Å². The Balaban J connectivity index is 1.74. The number of rotatable bonds is 8. The fourth-order valence-electron chi connectivity index (χ4n) is 3.53. The summed E-state index contributed by atoms with van der Waals surface area (Å²) < 4.78 is 16.6. The maximum absolute atomic E-state index is 12.7. The molecule has 0 saturated heterocycles. The molecule has 0 fully saturated rings. The molecule has 2 N–H and O–H groups in total. The van der Waals surface area contributed by atoms with E-state index in [4.69, 9.17) is 14.2 Å². The minimum absolute atomic E-state index is 0.121. The smallest absolute Gasteiger partial charge is 0.359 e. The lowest BCUT2D eigenvalue weighted by Crippen LogP contribution is -2.24. The normalized spacial score (nSPS) is 12.4. The van der Waals surface area contributed by atoms with Crippen LogP contribution in [0.1, 0.15) is 35.5 Å². The highest BCUT2D eigenvalue weighted by atomic mass is 16.6. The van der Waals surface area contributed by atoms with Gasteiger partial charge in [0.25, 0.3) is 0 Å². The first-order valence-electron chi connectivity index (χ1n) is 10.5. The summed E-state index contributed by atoms with van der Waals surface area (Å²) in [6.07, 6.45) is 0.383. The van der Waals surface area contributed by atoms with Gasteiger partial charge >= 0.3 is 5.97 Å². The van der Waals surface area contributed by atoms with Crippen LogP contribution in [0, 0.1) is 5.92 Å². The largest absolute Gasteiger partial charge is 0.489 e. The summed E-state index contributed by atoms with van der Waals surface area (Å²) >= 11 is 0. The second-order valence-corrected chi connectivity index (χ2v) is 7.95. The van der Waals surface area contributed by atoms with Crippen LogP contribution in [0.25, 0.3) is 21.8 Å². The topological polar surface area (TPSA) is 93.7 Å². The number of aliphatic hydroxyl groups excluding tert-OH is 1. The number of esters is 1. The van der Waals surface area contributed by atoms with Gasteiger partial charge in [-0.05, 0) is 23.8 Å². The first kappa shape index (κ1) is 21.8. The molecule has 0 aliphatic carbocycles. The minimum Gasteiger partial charge on any atom is -0.489 e. The quantitative estimate of drug-likeness (QED) is 0.312. The highest BCUT2D eigenvalue weighted by Gasteiger charge is 2.23. The number of pyridine rings is 1. The van der Waals surface area contributed by atoms with Gasteiger partial charge < -0.3 is 24.3 Å². The van der Waals surface area contributed by atoms with E-state index in [0.29, 0.717) is 17.9 Å². The van der Waals surface area contributed by atoms with Crippen molar-refractivity contribution in [2.45, 2.75) is 33.4 Å². The Hall–Kier alpha value is -3.42. The van der Waals surface area contributed by atoms with Crippen LogP contribution in [0.3, 0.4) is 0 Å². The predicted molar refractivity (Wildman–Crippen MR) is 121 cm³/mol. The molecule has 7 heteroatoms. The van der Waals surface area contributed by atoms with Gasteiger partial charge in [-0.25, -0.2) is 9.78 Å². The molecule has 0 saturated carbocycles. The molecule has 32 heavy (non-hydrogen) atoms. The molecule has 0 bridgehead atoms. The van der Waals surface area contributed by atoms with Gasteiger partial charge in [0.15, 0.2) is 5.69 Å². The van der Waals surface area contributed by atoms with Crippen molar-refractivity contribution in [2.75, 3.05) is 7.11 Å². The van der Waals surface area contributed by atoms with Crippen LogP contribution < -0.4 is 4.74 Å². The summed E-state index contributed by atoms with van der Waals surface area (Å²) in [5.74, 6) is -0.210. The standard InChI is InChI=1S/C25H26N2O5/c1-15(2)24(28)32-25(29)23-19(14-30-3)22-18-11-17(31-13-16-7-5-4-6-8-16)9-10-20(18)27-21(22)12-26-23/h4-12,15,24,27-28H,13-14H2,1-3H3. The number of H-pyrrole nitrogens is 1. The van der Waals surface area contributed by atoms with E-state index < -0.39 is 12.3 Å². The van der Waals surface area contributed by atoms with Crippen molar-refractivity contribution in [3.8, 4) is 5.75 Å². The Morgan fingerprint density at radius 2 is 1.88 bits per heavy atom. The molecular weight excluding hydrogens is 408 g/mol. The lowest BCUT2D eigenvalue weighted by molar-refractivity contribution is -0.0905. The van der Waals surface area contributed by atoms with E-state index in [-0.39, 0.29) is 18.2 Å². The fraction of sp³-hybridized carbons (Fsp3) is 0.280. The molecule has 4 aromatic rings. The van der Waals surface area contributed by atoms with Crippen molar-refractivity contribution in [3.63, 3.8) is 0 Å². The zero-order chi connectivity index (χ0) is 22.7. The van der Waals surface area contributed by atoms with Crippen molar-refractivity contribution >= 4 is 27.8 Å². The number of aliphatic hydroxyl groups is 1. The van der Waals surface area contributed by atoms with Gasteiger partial charge in [0.2, 0.25) is 6.29 Å². The molecule has 2 heterocycles. The van der Waals surface area contributed by atoms with Gasteiger partial charge in [-0.3, -0.25) is 0 Å². The number of fused-ring (bicyclic) bond motifs is 3. The third kappa shape index (κ3) is 4.44. The Bertz CT molecular complexity index is 1230. The zero-order valence-electron chi connectivity index (χ0n) is 18.3. The van der Waals surface area contributed by atoms with Gasteiger partial charge in [0.1, 0.15) is 12.4 Å². The third-order valence-electron chi connectivity index (χ3n) is 5.24. The Kier molecular flexibility index (Phi) is 6.39. The van der Waals surface area contributed by atoms with E-state index in [2.05, 4.69) is 9.97 Å². The van der Waals surface area contributed by atoms with E-state index in [1.807, 2.05) is 48.5 Å². The van der Waals surface area contributed by atoms with Crippen molar-refractivity contribution in [3.05, 3.63) is 71.5 Å². The first-order chi connectivity index (χ1) is 15.5. The van der Waals surface area contributed by atoms with Crippen LogP contribution in [-0.2, 0) is 22.7 Å². The number of carbonyl (C=O) groups excluding carboxylic acids is 1. The number of hydrogen-bond acceptors (Lipinski definition) is 6. The molecule has 1 atom stereocenters. The molecule has 2 aromatic carbocycles. The molecule has 0 aliphatic rings. The van der Waals surface area contributed by atoms with Gasteiger partial charge in [0.05, 0.1) is 18.3 Å². The molecule has 4 rings (SSSR count). The number of hydrogen-bond donors (Lipinski definition) is 2. The van der Waals surface area contributed by atoms with Crippen molar-refractivity contribution in [1.82, 2.24) is 9.97 Å². The van der Waals surface area contributed by atoms with Crippen LogP contribution in [0.2, 0.25) is 0 Å². The van der Waals surface area contributed by atoms with E-state index in [9.17, 15) is 9.90 Å². The SMILES string of the molecule is COCc1c(C(=O)OC(O)C(C)C)ncc2[nH]c3ccc(OCc4ccccc4)cc3c12. The number of ether oxygens (including phenoxy) is 3. The van der Waals surface area contributed by atoms with Gasteiger partial charge in [0, 0.05) is 34.9 Å². The summed E-state index contributed by atoms with van der Waals surface area (Å²) in [6, 6.07) is 15.7. The molecule has 2 aromatic heterocycles. The number of benzene rings is 2. The van der Waals surface area contributed by atoms with Crippen LogP contribution in [0.15, 0.2) is 54.7 Å². The summed E-state index contributed by atoms with van der Waals surface area (Å²) in [4.78, 5) is 20.4. The molecule has 0 aliphatic heterocycles. The van der Waals surface area contributed by atoms with Crippen LogP contribution in [0.4, 0.5) is 0 Å². The highest BCUT2D eigenvalue weighted by Crippen LogP contribution is 2.33. The molecule has 166 valence electrons.